The molecule has 2 rings (SSSR count). The molecule has 0 aromatic heterocycles. The molecule has 1 aliphatic carbocycles. The summed E-state index contributed by atoms with van der Waals surface area (Å²) in [4.78, 5) is 14.9. The molecule has 0 radical (unpaired) electrons. The standard InChI is InChI=1S/C14H25NO2/c1-2-11-17-12-13(16)14(7-3-4-8-14)15-9-5-6-10-15/h2-12H2,1H3. The molecule has 0 unspecified atom stereocenters. The lowest BCUT2D eigenvalue weighted by molar-refractivity contribution is -0.135. The molecule has 0 atom stereocenters. The summed E-state index contributed by atoms with van der Waals surface area (Å²) in [5, 5.41) is 0. The van der Waals surface area contributed by atoms with Crippen LogP contribution in [0.2, 0.25) is 0 Å². The van der Waals surface area contributed by atoms with Gasteiger partial charge in [-0.05, 0) is 45.2 Å². The van der Waals surface area contributed by atoms with Crippen molar-refractivity contribution in [2.45, 2.75) is 57.4 Å². The molecule has 0 amide bonds. The fourth-order valence-electron chi connectivity index (χ4n) is 3.32. The van der Waals surface area contributed by atoms with Gasteiger partial charge in [0.25, 0.3) is 0 Å². The van der Waals surface area contributed by atoms with Crippen molar-refractivity contribution in [2.24, 2.45) is 0 Å². The lowest BCUT2D eigenvalue weighted by atomic mass is 9.90. The molecule has 3 heteroatoms. The summed E-state index contributed by atoms with van der Waals surface area (Å²) in [6.07, 6.45) is 8.02. The minimum Gasteiger partial charge on any atom is -0.374 e. The first-order chi connectivity index (χ1) is 8.29. The number of ether oxygens (including phenoxy) is 1. The molecule has 1 saturated carbocycles. The second kappa shape index (κ2) is 5.96. The number of ketones is 1. The lowest BCUT2D eigenvalue weighted by Gasteiger charge is -2.37. The maximum absolute atomic E-state index is 12.5. The van der Waals surface area contributed by atoms with Crippen LogP contribution in [0.15, 0.2) is 0 Å². The molecule has 0 N–H and O–H groups in total. The zero-order chi connectivity index (χ0) is 12.1. The molecular formula is C14H25NO2. The minimum absolute atomic E-state index is 0.149. The number of nitrogens with zero attached hydrogens (tertiary/aromatic N) is 1. The van der Waals surface area contributed by atoms with Gasteiger partial charge in [0.05, 0.1) is 5.54 Å². The topological polar surface area (TPSA) is 29.5 Å². The van der Waals surface area contributed by atoms with Crippen LogP contribution in [-0.4, -0.2) is 42.5 Å². The van der Waals surface area contributed by atoms with Gasteiger partial charge in [-0.25, -0.2) is 0 Å². The maximum Gasteiger partial charge on any atom is 0.178 e. The monoisotopic (exact) mass is 239 g/mol. The Labute approximate surface area is 105 Å². The summed E-state index contributed by atoms with van der Waals surface area (Å²) < 4.78 is 5.47. The predicted octanol–water partition coefficient (Wildman–Crippen LogP) is 2.39. The first-order valence-corrected chi connectivity index (χ1v) is 7.16. The van der Waals surface area contributed by atoms with Crippen molar-refractivity contribution in [3.8, 4) is 0 Å². The van der Waals surface area contributed by atoms with Crippen LogP contribution in [0.25, 0.3) is 0 Å². The molecule has 3 nitrogen and oxygen atoms in total. The van der Waals surface area contributed by atoms with Crippen molar-refractivity contribution >= 4 is 5.78 Å². The van der Waals surface area contributed by atoms with Crippen molar-refractivity contribution in [2.75, 3.05) is 26.3 Å². The largest absolute Gasteiger partial charge is 0.374 e. The van der Waals surface area contributed by atoms with Gasteiger partial charge in [0.15, 0.2) is 5.78 Å². The highest BCUT2D eigenvalue weighted by molar-refractivity contribution is 5.89. The van der Waals surface area contributed by atoms with Crippen molar-refractivity contribution in [3.05, 3.63) is 0 Å². The fourth-order valence-corrected chi connectivity index (χ4v) is 3.32. The van der Waals surface area contributed by atoms with Crippen LogP contribution in [-0.2, 0) is 9.53 Å². The molecule has 0 aromatic rings. The Balaban J connectivity index is 1.97. The van der Waals surface area contributed by atoms with E-state index in [2.05, 4.69) is 11.8 Å². The van der Waals surface area contributed by atoms with E-state index in [1.54, 1.807) is 0 Å². The van der Waals surface area contributed by atoms with Crippen LogP contribution in [0.1, 0.15) is 51.9 Å². The summed E-state index contributed by atoms with van der Waals surface area (Å²) in [6.45, 7) is 5.33. The highest BCUT2D eigenvalue weighted by Gasteiger charge is 2.46. The summed E-state index contributed by atoms with van der Waals surface area (Å²) in [5.41, 5.74) is -0.149. The zero-order valence-electron chi connectivity index (χ0n) is 11.0. The quantitative estimate of drug-likeness (QED) is 0.667. The Hall–Kier alpha value is -0.410. The molecule has 98 valence electrons. The number of rotatable bonds is 6. The van der Waals surface area contributed by atoms with E-state index in [9.17, 15) is 4.79 Å². The van der Waals surface area contributed by atoms with Crippen LogP contribution >= 0.6 is 0 Å². The molecule has 1 aliphatic heterocycles. The Morgan fingerprint density at radius 1 is 1.18 bits per heavy atom. The summed E-state index contributed by atoms with van der Waals surface area (Å²) in [7, 11) is 0. The van der Waals surface area contributed by atoms with Crippen LogP contribution in [0.4, 0.5) is 0 Å². The first-order valence-electron chi connectivity index (χ1n) is 7.16. The molecule has 2 aliphatic rings. The van der Waals surface area contributed by atoms with E-state index in [0.29, 0.717) is 19.0 Å². The third-order valence-electron chi connectivity index (χ3n) is 4.24. The Bertz CT molecular complexity index is 253. The van der Waals surface area contributed by atoms with Crippen LogP contribution in [0.5, 0.6) is 0 Å². The van der Waals surface area contributed by atoms with Gasteiger partial charge >= 0.3 is 0 Å². The molecule has 1 heterocycles. The van der Waals surface area contributed by atoms with E-state index in [1.165, 1.54) is 25.7 Å². The molecular weight excluding hydrogens is 214 g/mol. The van der Waals surface area contributed by atoms with Gasteiger partial charge in [0, 0.05) is 6.61 Å². The van der Waals surface area contributed by atoms with Crippen molar-refractivity contribution in [1.29, 1.82) is 0 Å². The normalized spacial score (nSPS) is 24.3. The average Bonchev–Trinajstić information content (AvgIpc) is 3.00. The number of hydrogen-bond donors (Lipinski definition) is 0. The Morgan fingerprint density at radius 3 is 2.41 bits per heavy atom. The highest BCUT2D eigenvalue weighted by atomic mass is 16.5. The van der Waals surface area contributed by atoms with E-state index in [0.717, 1.165) is 32.4 Å². The number of hydrogen-bond acceptors (Lipinski definition) is 3. The first kappa shape index (κ1) is 13.0. The second-order valence-electron chi connectivity index (χ2n) is 5.41. The minimum atomic E-state index is -0.149. The molecule has 0 aromatic carbocycles. The molecule has 0 bridgehead atoms. The average molecular weight is 239 g/mol. The van der Waals surface area contributed by atoms with E-state index >= 15 is 0 Å². The number of Topliss-reactive ketones (excluding diaryl/α,β-unsaturated/α-hetero) is 1. The van der Waals surface area contributed by atoms with E-state index in [1.807, 2.05) is 0 Å². The summed E-state index contributed by atoms with van der Waals surface area (Å²) in [5.74, 6) is 0.338. The smallest absolute Gasteiger partial charge is 0.178 e. The summed E-state index contributed by atoms with van der Waals surface area (Å²) in [6, 6.07) is 0. The molecule has 0 spiro atoms. The van der Waals surface area contributed by atoms with Crippen LogP contribution < -0.4 is 0 Å². The van der Waals surface area contributed by atoms with Crippen molar-refractivity contribution in [3.63, 3.8) is 0 Å². The lowest BCUT2D eigenvalue weighted by Crippen LogP contribution is -2.52. The van der Waals surface area contributed by atoms with Gasteiger partial charge < -0.3 is 4.74 Å². The van der Waals surface area contributed by atoms with Gasteiger partial charge in [-0.2, -0.15) is 0 Å². The van der Waals surface area contributed by atoms with Gasteiger partial charge in [-0.3, -0.25) is 9.69 Å². The van der Waals surface area contributed by atoms with Gasteiger partial charge in [0.2, 0.25) is 0 Å². The fraction of sp³-hybridized carbons (Fsp3) is 0.929. The second-order valence-corrected chi connectivity index (χ2v) is 5.41. The summed E-state index contributed by atoms with van der Waals surface area (Å²) >= 11 is 0. The zero-order valence-corrected chi connectivity index (χ0v) is 11.0. The van der Waals surface area contributed by atoms with E-state index in [4.69, 9.17) is 4.74 Å². The maximum atomic E-state index is 12.5. The van der Waals surface area contributed by atoms with Crippen LogP contribution in [0.3, 0.4) is 0 Å². The van der Waals surface area contributed by atoms with Gasteiger partial charge in [0.1, 0.15) is 6.61 Å². The molecule has 1 saturated heterocycles. The van der Waals surface area contributed by atoms with E-state index in [-0.39, 0.29) is 5.54 Å². The Kier molecular flexibility index (Phi) is 4.57. The SMILES string of the molecule is CCCOCC(=O)C1(N2CCCC2)CCCC1. The Morgan fingerprint density at radius 2 is 1.82 bits per heavy atom. The predicted molar refractivity (Wildman–Crippen MR) is 68.1 cm³/mol. The molecule has 2 fully saturated rings. The van der Waals surface area contributed by atoms with Crippen LogP contribution in [0, 0.1) is 0 Å². The molecule has 17 heavy (non-hydrogen) atoms. The number of carbonyl (C=O) groups excluding carboxylic acids is 1. The van der Waals surface area contributed by atoms with Crippen molar-refractivity contribution < 1.29 is 9.53 Å². The van der Waals surface area contributed by atoms with E-state index < -0.39 is 0 Å². The van der Waals surface area contributed by atoms with Gasteiger partial charge in [-0.1, -0.05) is 19.8 Å². The number of carbonyl (C=O) groups is 1. The number of likely N-dealkylation sites (tertiary alicyclic amines) is 1. The highest BCUT2D eigenvalue weighted by Crippen LogP contribution is 2.38. The van der Waals surface area contributed by atoms with Gasteiger partial charge in [-0.15, -0.1) is 0 Å². The third kappa shape index (κ3) is 2.71. The third-order valence-corrected chi connectivity index (χ3v) is 4.24. The van der Waals surface area contributed by atoms with Crippen molar-refractivity contribution in [1.82, 2.24) is 4.90 Å².